The van der Waals surface area contributed by atoms with E-state index in [0.29, 0.717) is 12.2 Å². The summed E-state index contributed by atoms with van der Waals surface area (Å²) < 4.78 is 0. The lowest BCUT2D eigenvalue weighted by atomic mass is 10.2. The van der Waals surface area contributed by atoms with Crippen molar-refractivity contribution in [2.75, 3.05) is 6.54 Å². The fourth-order valence-corrected chi connectivity index (χ4v) is 0.810. The Labute approximate surface area is 71.3 Å². The van der Waals surface area contributed by atoms with Gasteiger partial charge in [0.2, 0.25) is 0 Å². The van der Waals surface area contributed by atoms with E-state index in [2.05, 4.69) is 9.97 Å². The second-order valence-electron chi connectivity index (χ2n) is 2.45. The number of nitrogens with two attached hydrogens (primary N) is 2. The summed E-state index contributed by atoms with van der Waals surface area (Å²) in [6.07, 6.45) is 4.91. The summed E-state index contributed by atoms with van der Waals surface area (Å²) in [4.78, 5) is 8.02. The quantitative estimate of drug-likeness (QED) is 0.651. The van der Waals surface area contributed by atoms with Crippen molar-refractivity contribution in [1.29, 1.82) is 0 Å². The predicted octanol–water partition coefficient (Wildman–Crippen LogP) is 0.125. The van der Waals surface area contributed by atoms with Crippen LogP contribution in [0.3, 0.4) is 0 Å². The van der Waals surface area contributed by atoms with Crippen LogP contribution < -0.4 is 11.5 Å². The number of aromatic nitrogens is 2. The molecule has 12 heavy (non-hydrogen) atoms. The Kier molecular flexibility index (Phi) is 2.76. The highest BCUT2D eigenvalue weighted by molar-refractivity contribution is 5.62. The molecule has 1 heterocycles. The molecule has 0 unspecified atom stereocenters. The molecular formula is C8H12N4. The molecule has 64 valence electrons. The number of hydrogen-bond donors (Lipinski definition) is 2. The van der Waals surface area contributed by atoms with Crippen molar-refractivity contribution in [3.05, 3.63) is 30.0 Å². The normalized spacial score (nSPS) is 12.5. The van der Waals surface area contributed by atoms with Crippen LogP contribution in [-0.2, 0) is 0 Å². The minimum atomic E-state index is 0.350. The molecule has 4 nitrogen and oxygen atoms in total. The SMILES string of the molecule is CC(=C(N)CN)c1cnccn1. The largest absolute Gasteiger partial charge is 0.401 e. The summed E-state index contributed by atoms with van der Waals surface area (Å²) in [5, 5.41) is 0. The highest BCUT2D eigenvalue weighted by Gasteiger charge is 1.99. The van der Waals surface area contributed by atoms with Crippen molar-refractivity contribution in [3.8, 4) is 0 Å². The Morgan fingerprint density at radius 1 is 1.50 bits per heavy atom. The smallest absolute Gasteiger partial charge is 0.0859 e. The van der Waals surface area contributed by atoms with Crippen LogP contribution in [0.25, 0.3) is 5.57 Å². The van der Waals surface area contributed by atoms with E-state index in [9.17, 15) is 0 Å². The minimum absolute atomic E-state index is 0.350. The van der Waals surface area contributed by atoms with Crippen LogP contribution >= 0.6 is 0 Å². The van der Waals surface area contributed by atoms with Gasteiger partial charge in [-0.15, -0.1) is 0 Å². The average Bonchev–Trinajstić information content (AvgIpc) is 2.17. The maximum atomic E-state index is 5.64. The lowest BCUT2D eigenvalue weighted by Crippen LogP contribution is -2.13. The highest BCUT2D eigenvalue weighted by atomic mass is 14.8. The molecule has 0 saturated carbocycles. The van der Waals surface area contributed by atoms with E-state index < -0.39 is 0 Å². The molecule has 0 atom stereocenters. The fraction of sp³-hybridized carbons (Fsp3) is 0.250. The summed E-state index contributed by atoms with van der Waals surface area (Å²) >= 11 is 0. The van der Waals surface area contributed by atoms with Gasteiger partial charge in [0.25, 0.3) is 0 Å². The van der Waals surface area contributed by atoms with Gasteiger partial charge in [0.15, 0.2) is 0 Å². The monoisotopic (exact) mass is 164 g/mol. The zero-order valence-corrected chi connectivity index (χ0v) is 6.99. The molecule has 0 aliphatic heterocycles. The van der Waals surface area contributed by atoms with Gasteiger partial charge in [-0.3, -0.25) is 9.97 Å². The average molecular weight is 164 g/mol. The topological polar surface area (TPSA) is 77.8 Å². The van der Waals surface area contributed by atoms with Gasteiger partial charge in [-0.2, -0.15) is 0 Å². The number of allylic oxidation sites excluding steroid dienone is 1. The predicted molar refractivity (Wildman–Crippen MR) is 47.9 cm³/mol. The van der Waals surface area contributed by atoms with E-state index in [1.165, 1.54) is 0 Å². The summed E-state index contributed by atoms with van der Waals surface area (Å²) in [7, 11) is 0. The van der Waals surface area contributed by atoms with Gasteiger partial charge in [-0.25, -0.2) is 0 Å². The number of rotatable bonds is 2. The standard InChI is InChI=1S/C8H12N4/c1-6(7(10)4-9)8-5-11-2-3-12-8/h2-3,5H,4,9-10H2,1H3. The van der Waals surface area contributed by atoms with Crippen molar-refractivity contribution in [2.45, 2.75) is 6.92 Å². The van der Waals surface area contributed by atoms with Crippen molar-refractivity contribution in [1.82, 2.24) is 9.97 Å². The summed E-state index contributed by atoms with van der Waals surface area (Å²) in [6, 6.07) is 0. The summed E-state index contributed by atoms with van der Waals surface area (Å²) in [5.41, 5.74) is 13.3. The second-order valence-corrected chi connectivity index (χ2v) is 2.45. The molecule has 0 spiro atoms. The molecule has 1 aromatic heterocycles. The zero-order chi connectivity index (χ0) is 8.97. The third-order valence-electron chi connectivity index (χ3n) is 1.65. The molecule has 0 aliphatic carbocycles. The first kappa shape index (κ1) is 8.67. The maximum Gasteiger partial charge on any atom is 0.0859 e. The minimum Gasteiger partial charge on any atom is -0.401 e. The lowest BCUT2D eigenvalue weighted by Gasteiger charge is -2.03. The van der Waals surface area contributed by atoms with E-state index in [0.717, 1.165) is 11.3 Å². The highest BCUT2D eigenvalue weighted by Crippen LogP contribution is 2.09. The van der Waals surface area contributed by atoms with Crippen molar-refractivity contribution >= 4 is 5.57 Å². The molecule has 0 aromatic carbocycles. The van der Waals surface area contributed by atoms with E-state index in [-0.39, 0.29) is 0 Å². The Hall–Kier alpha value is -1.42. The number of nitrogens with zero attached hydrogens (tertiary/aromatic N) is 2. The Bertz CT molecular complexity index is 278. The van der Waals surface area contributed by atoms with Gasteiger partial charge >= 0.3 is 0 Å². The van der Waals surface area contributed by atoms with Gasteiger partial charge in [0.1, 0.15) is 0 Å². The van der Waals surface area contributed by atoms with E-state index in [1.807, 2.05) is 6.92 Å². The molecule has 0 fully saturated rings. The van der Waals surface area contributed by atoms with Crippen LogP contribution in [0, 0.1) is 0 Å². The molecule has 4 N–H and O–H groups in total. The molecule has 0 saturated heterocycles. The van der Waals surface area contributed by atoms with E-state index in [4.69, 9.17) is 11.5 Å². The van der Waals surface area contributed by atoms with Crippen LogP contribution in [0.15, 0.2) is 24.3 Å². The Morgan fingerprint density at radius 2 is 2.25 bits per heavy atom. The first-order valence-electron chi connectivity index (χ1n) is 3.67. The van der Waals surface area contributed by atoms with E-state index in [1.54, 1.807) is 18.6 Å². The Morgan fingerprint density at radius 3 is 2.75 bits per heavy atom. The molecular weight excluding hydrogens is 152 g/mol. The maximum absolute atomic E-state index is 5.64. The molecule has 0 aliphatic rings. The number of hydrogen-bond acceptors (Lipinski definition) is 4. The molecule has 0 bridgehead atoms. The first-order chi connectivity index (χ1) is 5.75. The molecule has 1 rings (SSSR count). The first-order valence-corrected chi connectivity index (χ1v) is 3.67. The summed E-state index contributed by atoms with van der Waals surface area (Å²) in [5.74, 6) is 0. The fourth-order valence-electron chi connectivity index (χ4n) is 0.810. The van der Waals surface area contributed by atoms with Crippen molar-refractivity contribution in [2.24, 2.45) is 11.5 Å². The van der Waals surface area contributed by atoms with Gasteiger partial charge in [0, 0.05) is 24.6 Å². The van der Waals surface area contributed by atoms with Crippen LogP contribution in [0.1, 0.15) is 12.6 Å². The van der Waals surface area contributed by atoms with Crippen LogP contribution in [0.2, 0.25) is 0 Å². The molecule has 4 heteroatoms. The third-order valence-corrected chi connectivity index (χ3v) is 1.65. The van der Waals surface area contributed by atoms with Gasteiger partial charge < -0.3 is 11.5 Å². The second kappa shape index (κ2) is 3.82. The van der Waals surface area contributed by atoms with Crippen molar-refractivity contribution < 1.29 is 0 Å². The van der Waals surface area contributed by atoms with Crippen LogP contribution in [-0.4, -0.2) is 16.5 Å². The van der Waals surface area contributed by atoms with Gasteiger partial charge in [-0.05, 0) is 12.5 Å². The van der Waals surface area contributed by atoms with Crippen molar-refractivity contribution in [3.63, 3.8) is 0 Å². The Balaban J connectivity index is 3.00. The lowest BCUT2D eigenvalue weighted by molar-refractivity contribution is 1.09. The zero-order valence-electron chi connectivity index (χ0n) is 6.99. The van der Waals surface area contributed by atoms with Gasteiger partial charge in [-0.1, -0.05) is 0 Å². The van der Waals surface area contributed by atoms with Crippen LogP contribution in [0.4, 0.5) is 0 Å². The molecule has 0 radical (unpaired) electrons. The third kappa shape index (κ3) is 1.79. The molecule has 1 aromatic rings. The summed E-state index contributed by atoms with van der Waals surface area (Å²) in [6.45, 7) is 2.23. The van der Waals surface area contributed by atoms with Crippen LogP contribution in [0.5, 0.6) is 0 Å². The van der Waals surface area contributed by atoms with Gasteiger partial charge in [0.05, 0.1) is 11.9 Å². The van der Waals surface area contributed by atoms with E-state index >= 15 is 0 Å². The molecule has 0 amide bonds.